The molecule has 0 unspecified atom stereocenters. The summed E-state index contributed by atoms with van der Waals surface area (Å²) in [6, 6.07) is 4.16. The maximum atomic E-state index is 5.41. The minimum Gasteiger partial charge on any atom is -0.373 e. The molecule has 0 fully saturated rings. The van der Waals surface area contributed by atoms with Gasteiger partial charge >= 0.3 is 8.80 Å². The Kier molecular flexibility index (Phi) is 5.26. The van der Waals surface area contributed by atoms with Gasteiger partial charge in [-0.25, -0.2) is 0 Å². The third-order valence-corrected chi connectivity index (χ3v) is 5.48. The minimum absolute atomic E-state index is 0.506. The van der Waals surface area contributed by atoms with Crippen LogP contribution in [0.5, 0.6) is 0 Å². The molecule has 0 saturated heterocycles. The van der Waals surface area contributed by atoms with Crippen molar-refractivity contribution in [2.24, 2.45) is 0 Å². The smallest absolute Gasteiger partial charge is 0.373 e. The highest BCUT2D eigenvalue weighted by Gasteiger charge is 2.43. The quantitative estimate of drug-likeness (QED) is 0.571. The van der Waals surface area contributed by atoms with Crippen LogP contribution in [0.25, 0.3) is 0 Å². The van der Waals surface area contributed by atoms with Crippen molar-refractivity contribution in [1.29, 1.82) is 0 Å². The second-order valence-electron chi connectivity index (χ2n) is 4.26. The molecule has 0 atom stereocenters. The van der Waals surface area contributed by atoms with Crippen molar-refractivity contribution in [2.45, 2.75) is 25.9 Å². The van der Waals surface area contributed by atoms with E-state index in [9.17, 15) is 0 Å². The van der Waals surface area contributed by atoms with Gasteiger partial charge in [-0.2, -0.15) is 4.57 Å². The predicted molar refractivity (Wildman–Crippen MR) is 67.5 cm³/mol. The van der Waals surface area contributed by atoms with Crippen molar-refractivity contribution in [1.82, 2.24) is 0 Å². The van der Waals surface area contributed by atoms with Crippen LogP contribution in [0, 0.1) is 0 Å². The first-order chi connectivity index (χ1) is 8.06. The number of hydrogen-bond acceptors (Lipinski definition) is 3. The zero-order valence-electron chi connectivity index (χ0n) is 11.3. The molecule has 0 N–H and O–H groups in total. The summed E-state index contributed by atoms with van der Waals surface area (Å²) in [6.45, 7) is 4.35. The van der Waals surface area contributed by atoms with Crippen LogP contribution < -0.4 is 4.57 Å². The van der Waals surface area contributed by atoms with Crippen molar-refractivity contribution >= 4 is 8.80 Å². The Morgan fingerprint density at radius 2 is 1.76 bits per heavy atom. The first-order valence-corrected chi connectivity index (χ1v) is 7.64. The SMILES string of the molecule is CO[Si](C[n+]1cccc(C(C)C)c1)(OC)OC. The van der Waals surface area contributed by atoms with Crippen molar-refractivity contribution in [2.75, 3.05) is 21.3 Å². The van der Waals surface area contributed by atoms with Crippen molar-refractivity contribution < 1.29 is 17.8 Å². The van der Waals surface area contributed by atoms with Crippen LogP contribution in [0.15, 0.2) is 24.5 Å². The summed E-state index contributed by atoms with van der Waals surface area (Å²) in [5.74, 6) is 0.506. The summed E-state index contributed by atoms with van der Waals surface area (Å²) in [5.41, 5.74) is 1.29. The van der Waals surface area contributed by atoms with E-state index in [0.29, 0.717) is 12.1 Å². The average Bonchev–Trinajstić information content (AvgIpc) is 2.36. The minimum atomic E-state index is -2.55. The highest BCUT2D eigenvalue weighted by molar-refractivity contribution is 6.58. The molecule has 1 heterocycles. The molecule has 0 radical (unpaired) electrons. The van der Waals surface area contributed by atoms with E-state index in [2.05, 4.69) is 30.7 Å². The molecule has 1 aromatic rings. The van der Waals surface area contributed by atoms with Gasteiger partial charge in [0.1, 0.15) is 0 Å². The lowest BCUT2D eigenvalue weighted by Crippen LogP contribution is -2.56. The van der Waals surface area contributed by atoms with Gasteiger partial charge in [-0.15, -0.1) is 0 Å². The Labute approximate surface area is 105 Å². The average molecular weight is 256 g/mol. The van der Waals surface area contributed by atoms with Crippen LogP contribution in [0.3, 0.4) is 0 Å². The number of hydrogen-bond donors (Lipinski definition) is 0. The second-order valence-corrected chi connectivity index (χ2v) is 7.17. The van der Waals surface area contributed by atoms with Gasteiger partial charge in [-0.3, -0.25) is 0 Å². The lowest BCUT2D eigenvalue weighted by atomic mass is 10.1. The van der Waals surface area contributed by atoms with Crippen molar-refractivity contribution in [3.05, 3.63) is 30.1 Å². The van der Waals surface area contributed by atoms with E-state index < -0.39 is 8.80 Å². The Hall–Kier alpha value is -0.753. The van der Waals surface area contributed by atoms with Gasteiger partial charge in [0.05, 0.1) is 0 Å². The summed E-state index contributed by atoms with van der Waals surface area (Å²) >= 11 is 0. The van der Waals surface area contributed by atoms with Crippen LogP contribution in [-0.2, 0) is 19.4 Å². The molecule has 0 spiro atoms. The Morgan fingerprint density at radius 1 is 1.18 bits per heavy atom. The Balaban J connectivity index is 2.90. The van der Waals surface area contributed by atoms with Crippen molar-refractivity contribution in [3.63, 3.8) is 0 Å². The zero-order chi connectivity index (χ0) is 12.9. The van der Waals surface area contributed by atoms with Crippen LogP contribution in [0.4, 0.5) is 0 Å². The number of rotatable bonds is 6. The van der Waals surface area contributed by atoms with Gasteiger partial charge < -0.3 is 13.3 Å². The van der Waals surface area contributed by atoms with E-state index in [1.807, 2.05) is 12.3 Å². The standard InChI is InChI=1S/C12H22NO3Si/c1-11(2)12-7-6-8-13(9-12)10-17(14-3,15-4)16-5/h6-9,11H,10H2,1-5H3/q+1. The molecule has 0 aromatic carbocycles. The van der Waals surface area contributed by atoms with E-state index in [4.69, 9.17) is 13.3 Å². The molecule has 1 rings (SSSR count). The normalized spacial score (nSPS) is 12.1. The van der Waals surface area contributed by atoms with Gasteiger partial charge in [0.2, 0.25) is 6.17 Å². The molecule has 5 heteroatoms. The summed E-state index contributed by atoms with van der Waals surface area (Å²) in [4.78, 5) is 0. The fourth-order valence-electron chi connectivity index (χ4n) is 1.65. The Bertz CT molecular complexity index is 345. The highest BCUT2D eigenvalue weighted by atomic mass is 28.4. The van der Waals surface area contributed by atoms with Crippen LogP contribution in [0.1, 0.15) is 25.3 Å². The Morgan fingerprint density at radius 3 is 2.24 bits per heavy atom. The van der Waals surface area contributed by atoms with E-state index in [-0.39, 0.29) is 0 Å². The van der Waals surface area contributed by atoms with Gasteiger partial charge in [0.15, 0.2) is 12.4 Å². The molecule has 0 aliphatic carbocycles. The molecule has 96 valence electrons. The van der Waals surface area contributed by atoms with Crippen molar-refractivity contribution in [3.8, 4) is 0 Å². The summed E-state index contributed by atoms with van der Waals surface area (Å²) < 4.78 is 18.3. The molecule has 0 bridgehead atoms. The first kappa shape index (κ1) is 14.3. The summed E-state index contributed by atoms with van der Waals surface area (Å²) in [6.07, 6.45) is 4.74. The molecule has 1 aromatic heterocycles. The van der Waals surface area contributed by atoms with Gasteiger partial charge in [-0.05, 0) is 12.0 Å². The van der Waals surface area contributed by atoms with E-state index >= 15 is 0 Å². The number of nitrogens with zero attached hydrogens (tertiary/aromatic N) is 1. The third-order valence-electron chi connectivity index (χ3n) is 2.86. The molecular weight excluding hydrogens is 234 g/mol. The molecule has 17 heavy (non-hydrogen) atoms. The monoisotopic (exact) mass is 256 g/mol. The predicted octanol–water partition coefficient (Wildman–Crippen LogP) is 1.51. The maximum absolute atomic E-state index is 5.41. The fourth-order valence-corrected chi connectivity index (χ4v) is 3.18. The molecule has 0 aliphatic heterocycles. The van der Waals surface area contributed by atoms with Gasteiger partial charge in [0, 0.05) is 33.0 Å². The van der Waals surface area contributed by atoms with Crippen LogP contribution >= 0.6 is 0 Å². The largest absolute Gasteiger partial charge is 0.569 e. The number of aromatic nitrogens is 1. The van der Waals surface area contributed by atoms with E-state index in [1.54, 1.807) is 21.3 Å². The van der Waals surface area contributed by atoms with Gasteiger partial charge in [0.25, 0.3) is 0 Å². The first-order valence-electron chi connectivity index (χ1n) is 5.71. The molecule has 4 nitrogen and oxygen atoms in total. The third kappa shape index (κ3) is 3.60. The maximum Gasteiger partial charge on any atom is 0.569 e. The highest BCUT2D eigenvalue weighted by Crippen LogP contribution is 2.11. The second kappa shape index (κ2) is 6.25. The van der Waals surface area contributed by atoms with Crippen LogP contribution in [-0.4, -0.2) is 30.1 Å². The number of pyridine rings is 1. The lowest BCUT2D eigenvalue weighted by molar-refractivity contribution is -0.685. The summed E-state index contributed by atoms with van der Waals surface area (Å²) in [7, 11) is 2.34. The molecule has 0 amide bonds. The van der Waals surface area contributed by atoms with E-state index in [1.165, 1.54) is 5.56 Å². The topological polar surface area (TPSA) is 31.6 Å². The molecule has 0 saturated carbocycles. The van der Waals surface area contributed by atoms with Crippen LogP contribution in [0.2, 0.25) is 0 Å². The zero-order valence-corrected chi connectivity index (χ0v) is 12.3. The molecular formula is C12H22NO3Si+. The molecule has 0 aliphatic rings. The van der Waals surface area contributed by atoms with E-state index in [0.717, 1.165) is 0 Å². The summed E-state index contributed by atoms with van der Waals surface area (Å²) in [5, 5.41) is 0. The lowest BCUT2D eigenvalue weighted by Gasteiger charge is -2.21. The fraction of sp³-hybridized carbons (Fsp3) is 0.583. The van der Waals surface area contributed by atoms with Gasteiger partial charge in [-0.1, -0.05) is 13.8 Å².